The highest BCUT2D eigenvalue weighted by Crippen LogP contribution is 2.36. The molecule has 2 aromatic carbocycles. The zero-order chi connectivity index (χ0) is 47.6. The number of benzene rings is 2. The number of hydrogen-bond donors (Lipinski definition) is 6. The van der Waals surface area contributed by atoms with E-state index in [0.717, 1.165) is 23.6 Å². The van der Waals surface area contributed by atoms with Gasteiger partial charge in [0.15, 0.2) is 24.0 Å². The number of likely N-dealkylation sites (tertiary alicyclic amines) is 1. The Labute approximate surface area is 368 Å². The van der Waals surface area contributed by atoms with Crippen molar-refractivity contribution in [2.45, 2.75) is 91.9 Å². The van der Waals surface area contributed by atoms with Crippen LogP contribution in [0, 0.1) is 34.8 Å². The van der Waals surface area contributed by atoms with Crippen molar-refractivity contribution in [2.75, 3.05) is 19.7 Å². The summed E-state index contributed by atoms with van der Waals surface area (Å²) in [7, 11) is 0. The number of nitrogens with one attached hydrogen (secondary N) is 4. The van der Waals surface area contributed by atoms with Gasteiger partial charge in [0.25, 0.3) is 17.7 Å². The summed E-state index contributed by atoms with van der Waals surface area (Å²) in [4.78, 5) is 112. The van der Waals surface area contributed by atoms with E-state index in [2.05, 4.69) is 26.4 Å². The van der Waals surface area contributed by atoms with E-state index in [9.17, 15) is 57.4 Å². The molecule has 2 heterocycles. The fourth-order valence-electron chi connectivity index (χ4n) is 7.35. The van der Waals surface area contributed by atoms with E-state index in [4.69, 9.17) is 4.74 Å². The highest BCUT2D eigenvalue weighted by molar-refractivity contribution is 6.00. The molecule has 5 atom stereocenters. The minimum Gasteiger partial charge on any atom is -0.481 e. The number of carboxylic acid groups (broad SMARTS) is 2. The van der Waals surface area contributed by atoms with Crippen molar-refractivity contribution >= 4 is 58.3 Å². The van der Waals surface area contributed by atoms with Crippen LogP contribution in [0.25, 0.3) is 10.9 Å². The van der Waals surface area contributed by atoms with Crippen LogP contribution in [0.2, 0.25) is 0 Å². The number of amides is 6. The van der Waals surface area contributed by atoms with E-state index in [1.165, 1.54) is 11.0 Å². The fraction of sp³-hybridized carbons (Fsp3) is 0.477. The third kappa shape index (κ3) is 13.4. The van der Waals surface area contributed by atoms with Gasteiger partial charge in [-0.05, 0) is 60.3 Å². The number of ether oxygens (including phenoxy) is 1. The third-order valence-corrected chi connectivity index (χ3v) is 10.4. The molecule has 0 bridgehead atoms. The van der Waals surface area contributed by atoms with E-state index in [1.807, 2.05) is 32.9 Å². The topological polar surface area (TPSA) is 254 Å². The van der Waals surface area contributed by atoms with Gasteiger partial charge < -0.3 is 35.8 Å². The molecule has 1 fully saturated rings. The summed E-state index contributed by atoms with van der Waals surface area (Å²) in [6, 6.07) is 7.37. The van der Waals surface area contributed by atoms with Crippen molar-refractivity contribution < 1.29 is 62.1 Å². The molecule has 64 heavy (non-hydrogen) atoms. The number of pyridine rings is 1. The Balaban J connectivity index is 1.55. The first-order chi connectivity index (χ1) is 30.0. The molecule has 1 aliphatic heterocycles. The Morgan fingerprint density at radius 3 is 2.06 bits per heavy atom. The lowest BCUT2D eigenvalue weighted by Crippen LogP contribution is -2.61. The number of aliphatic carboxylic acids is 2. The molecule has 0 saturated carbocycles. The summed E-state index contributed by atoms with van der Waals surface area (Å²) < 4.78 is 33.4. The second kappa shape index (κ2) is 21.6. The summed E-state index contributed by atoms with van der Waals surface area (Å²) in [5, 5.41) is 28.1. The van der Waals surface area contributed by atoms with Gasteiger partial charge in [-0.25, -0.2) is 18.8 Å². The second-order valence-corrected chi connectivity index (χ2v) is 17.5. The van der Waals surface area contributed by atoms with Crippen LogP contribution in [0.1, 0.15) is 78.2 Å². The summed E-state index contributed by atoms with van der Waals surface area (Å²) in [6.07, 6.45) is -0.269. The van der Waals surface area contributed by atoms with Crippen LogP contribution in [0.4, 0.5) is 8.78 Å². The number of rotatable bonds is 18. The Bertz CT molecular complexity index is 2230. The highest BCUT2D eigenvalue weighted by atomic mass is 19.1. The molecule has 6 amide bonds. The molecule has 1 unspecified atom stereocenters. The monoisotopic (exact) mass is 895 g/mol. The first-order valence-electron chi connectivity index (χ1n) is 20.7. The summed E-state index contributed by atoms with van der Waals surface area (Å²) in [6.45, 7) is 9.94. The second-order valence-electron chi connectivity index (χ2n) is 17.5. The number of para-hydroxylation sites is 2. The molecule has 4 rings (SSSR count). The molecular formula is C44H55F2N7O11. The zero-order valence-corrected chi connectivity index (χ0v) is 36.6. The Hall–Kier alpha value is -6.73. The summed E-state index contributed by atoms with van der Waals surface area (Å²) >= 11 is 0. The first-order valence-corrected chi connectivity index (χ1v) is 20.7. The number of carbonyl (C=O) groups excluding carboxylic acids is 6. The van der Waals surface area contributed by atoms with Gasteiger partial charge in [0, 0.05) is 11.9 Å². The van der Waals surface area contributed by atoms with Gasteiger partial charge in [-0.15, -0.1) is 0 Å². The molecule has 3 aromatic rings. The van der Waals surface area contributed by atoms with Gasteiger partial charge in [-0.2, -0.15) is 0 Å². The molecule has 20 heteroatoms. The van der Waals surface area contributed by atoms with Crippen LogP contribution in [0.5, 0.6) is 5.75 Å². The highest BCUT2D eigenvalue weighted by Gasteiger charge is 2.46. The summed E-state index contributed by atoms with van der Waals surface area (Å²) in [5.41, 5.74) is 2.40. The lowest BCUT2D eigenvalue weighted by molar-refractivity contribution is -0.154. The van der Waals surface area contributed by atoms with Crippen LogP contribution in [-0.2, 0) is 33.6 Å². The van der Waals surface area contributed by atoms with Crippen molar-refractivity contribution in [3.8, 4) is 5.75 Å². The SMILES string of the molecule is CC(C)[C@H](NC(=O)c1ccc2ccccc2n1)C(=O)N[C@@H](CC(=O)O)C(=O)N[C@H](C(=O)N1CC[C@@H](CC(C)(C)C)C1C(=O)NN(CC(=O)O)C(=O)COc1c(F)cccc1F)C(C)C. The van der Waals surface area contributed by atoms with E-state index >= 15 is 0 Å². The summed E-state index contributed by atoms with van der Waals surface area (Å²) in [5.74, 6) is -13.5. The van der Waals surface area contributed by atoms with Crippen molar-refractivity contribution in [2.24, 2.45) is 23.2 Å². The Morgan fingerprint density at radius 2 is 1.47 bits per heavy atom. The molecule has 1 saturated heterocycles. The molecule has 0 radical (unpaired) electrons. The molecule has 346 valence electrons. The first kappa shape index (κ1) is 49.9. The molecule has 1 aliphatic rings. The average molecular weight is 896 g/mol. The largest absolute Gasteiger partial charge is 0.481 e. The maximum atomic E-state index is 14.5. The number of hydrazine groups is 1. The fourth-order valence-corrected chi connectivity index (χ4v) is 7.35. The van der Waals surface area contributed by atoms with Crippen LogP contribution < -0.4 is 26.1 Å². The van der Waals surface area contributed by atoms with Gasteiger partial charge in [0.05, 0.1) is 11.9 Å². The lowest BCUT2D eigenvalue weighted by Gasteiger charge is -2.35. The Kier molecular flexibility index (Phi) is 16.8. The van der Waals surface area contributed by atoms with Crippen LogP contribution >= 0.6 is 0 Å². The molecule has 0 aliphatic carbocycles. The van der Waals surface area contributed by atoms with Gasteiger partial charge in [0.1, 0.15) is 36.4 Å². The molecule has 1 aromatic heterocycles. The van der Waals surface area contributed by atoms with Gasteiger partial charge >= 0.3 is 11.9 Å². The average Bonchev–Trinajstić information content (AvgIpc) is 3.62. The van der Waals surface area contributed by atoms with Crippen molar-refractivity contribution in [1.82, 2.24) is 36.3 Å². The minimum atomic E-state index is -1.74. The van der Waals surface area contributed by atoms with E-state index < -0.39 is 132 Å². The normalized spacial score (nSPS) is 16.4. The maximum Gasteiger partial charge on any atom is 0.325 e. The van der Waals surface area contributed by atoms with Gasteiger partial charge in [-0.3, -0.25) is 43.8 Å². The third-order valence-electron chi connectivity index (χ3n) is 10.4. The number of hydrogen-bond acceptors (Lipinski definition) is 10. The van der Waals surface area contributed by atoms with E-state index in [0.29, 0.717) is 16.9 Å². The molecular weight excluding hydrogens is 841 g/mol. The number of fused-ring (bicyclic) bond motifs is 1. The maximum absolute atomic E-state index is 14.5. The van der Waals surface area contributed by atoms with Crippen molar-refractivity contribution in [3.05, 3.63) is 71.9 Å². The molecule has 18 nitrogen and oxygen atoms in total. The van der Waals surface area contributed by atoms with Crippen molar-refractivity contribution in [1.29, 1.82) is 0 Å². The Morgan fingerprint density at radius 1 is 0.828 bits per heavy atom. The van der Waals surface area contributed by atoms with Crippen LogP contribution in [-0.4, -0.2) is 116 Å². The quantitative estimate of drug-likeness (QED) is 0.101. The lowest BCUT2D eigenvalue weighted by atomic mass is 9.81. The molecule has 0 spiro atoms. The van der Waals surface area contributed by atoms with Crippen LogP contribution in [0.15, 0.2) is 54.6 Å². The van der Waals surface area contributed by atoms with Crippen LogP contribution in [0.3, 0.4) is 0 Å². The number of carboxylic acids is 2. The zero-order valence-electron chi connectivity index (χ0n) is 36.6. The van der Waals surface area contributed by atoms with E-state index in [1.54, 1.807) is 45.9 Å². The number of halogens is 2. The molecule has 6 N–H and O–H groups in total. The predicted molar refractivity (Wildman–Crippen MR) is 226 cm³/mol. The van der Waals surface area contributed by atoms with Gasteiger partial charge in [0.2, 0.25) is 17.7 Å². The minimum absolute atomic E-state index is 0.0144. The number of nitrogens with zero attached hydrogens (tertiary/aromatic N) is 3. The van der Waals surface area contributed by atoms with Crippen molar-refractivity contribution in [3.63, 3.8) is 0 Å². The number of aromatic nitrogens is 1. The standard InChI is InChI=1S/C44H55F2N7O11/c1-23(2)35(49-39(59)30-16-15-25-11-8-9-14-29(25)47-30)41(61)48-31(19-33(55)56)40(60)50-36(24(3)4)43(63)52-18-17-26(20-44(5,6)7)37(52)42(62)51-53(21-34(57)58)32(54)22-64-38-27(45)12-10-13-28(38)46/h8-16,23-24,26,31,35-37H,17-22H2,1-7H3,(H,48,61)(H,49,59)(H,50,60)(H,51,62)(H,55,56)(H,57,58)/t26-,31-,35-,36-,37?/m0/s1. The smallest absolute Gasteiger partial charge is 0.325 e. The van der Waals surface area contributed by atoms with Gasteiger partial charge in [-0.1, -0.05) is 78.8 Å². The van der Waals surface area contributed by atoms with E-state index in [-0.39, 0.29) is 18.7 Å². The number of carbonyl (C=O) groups is 8. The predicted octanol–water partition coefficient (Wildman–Crippen LogP) is 3.04.